The lowest BCUT2D eigenvalue weighted by atomic mass is 9.76. The quantitative estimate of drug-likeness (QED) is 0.328. The number of ether oxygens (including phenoxy) is 2. The van der Waals surface area contributed by atoms with Crippen LogP contribution in [0.2, 0.25) is 0 Å². The molecular weight excluding hydrogens is 382 g/mol. The number of anilines is 1. The van der Waals surface area contributed by atoms with E-state index in [4.69, 9.17) is 15.3 Å². The first-order chi connectivity index (χ1) is 14.3. The van der Waals surface area contributed by atoms with Gasteiger partial charge in [0.1, 0.15) is 11.9 Å². The smallest absolute Gasteiger partial charge is 0.309 e. The van der Waals surface area contributed by atoms with Gasteiger partial charge in [-0.1, -0.05) is 32.0 Å². The second-order valence-corrected chi connectivity index (χ2v) is 7.87. The summed E-state index contributed by atoms with van der Waals surface area (Å²) >= 11 is 0. The Kier molecular flexibility index (Phi) is 6.40. The largest absolute Gasteiger partial charge is 0.489 e. The summed E-state index contributed by atoms with van der Waals surface area (Å²) in [6, 6.07) is 12.6. The van der Waals surface area contributed by atoms with Gasteiger partial charge in [0.15, 0.2) is 0 Å². The number of hydrogen-bond donors (Lipinski definition) is 2. The van der Waals surface area contributed by atoms with Crippen LogP contribution >= 0.6 is 0 Å². The Hall–Kier alpha value is -3.35. The van der Waals surface area contributed by atoms with Crippen molar-refractivity contribution >= 4 is 23.8 Å². The molecule has 1 unspecified atom stereocenters. The van der Waals surface area contributed by atoms with E-state index < -0.39 is 0 Å². The summed E-state index contributed by atoms with van der Waals surface area (Å²) in [5.41, 5.74) is 2.66. The minimum Gasteiger partial charge on any atom is -0.489 e. The van der Waals surface area contributed by atoms with E-state index >= 15 is 0 Å². The Labute approximate surface area is 176 Å². The molecule has 1 heterocycles. The van der Waals surface area contributed by atoms with Gasteiger partial charge in [0.25, 0.3) is 5.91 Å². The molecule has 0 saturated carbocycles. The van der Waals surface area contributed by atoms with Crippen molar-refractivity contribution < 1.29 is 19.1 Å². The Bertz CT molecular complexity index is 951. The molecule has 2 aromatic carbocycles. The zero-order valence-electron chi connectivity index (χ0n) is 17.5. The number of fused-ring (bicyclic) bond motifs is 1. The Morgan fingerprint density at radius 2 is 2.00 bits per heavy atom. The highest BCUT2D eigenvalue weighted by molar-refractivity contribution is 6.05. The average Bonchev–Trinajstić information content (AvgIpc) is 2.68. The Morgan fingerprint density at radius 1 is 1.27 bits per heavy atom. The summed E-state index contributed by atoms with van der Waals surface area (Å²) in [7, 11) is 0. The molecule has 7 nitrogen and oxygen atoms in total. The van der Waals surface area contributed by atoms with E-state index in [0.717, 1.165) is 11.1 Å². The molecule has 1 atom stereocenters. The molecule has 1 amide bonds. The molecule has 3 N–H and O–H groups in total. The zero-order chi connectivity index (χ0) is 21.7. The van der Waals surface area contributed by atoms with Gasteiger partial charge in [-0.3, -0.25) is 9.59 Å². The first-order valence-electron chi connectivity index (χ1n) is 9.94. The van der Waals surface area contributed by atoms with Crippen LogP contribution in [0.1, 0.15) is 55.1 Å². The molecule has 1 aliphatic heterocycles. The highest BCUT2D eigenvalue weighted by Crippen LogP contribution is 2.45. The normalized spacial score (nSPS) is 17.1. The van der Waals surface area contributed by atoms with Crippen LogP contribution in [0.3, 0.4) is 0 Å². The van der Waals surface area contributed by atoms with Gasteiger partial charge in [-0.15, -0.1) is 0 Å². The second kappa shape index (κ2) is 8.98. The summed E-state index contributed by atoms with van der Waals surface area (Å²) in [5.74, 6) is 5.34. The van der Waals surface area contributed by atoms with Gasteiger partial charge >= 0.3 is 5.97 Å². The fourth-order valence-electron chi connectivity index (χ4n) is 3.84. The Balaban J connectivity index is 1.82. The third kappa shape index (κ3) is 4.79. The number of nitrogens with two attached hydrogens (primary N) is 1. The number of benzene rings is 2. The maximum absolute atomic E-state index is 12.8. The lowest BCUT2D eigenvalue weighted by Gasteiger charge is -2.38. The number of hydrazone groups is 1. The minimum absolute atomic E-state index is 0.200. The van der Waals surface area contributed by atoms with Gasteiger partial charge in [0, 0.05) is 16.8 Å². The molecule has 0 radical (unpaired) electrons. The summed E-state index contributed by atoms with van der Waals surface area (Å²) in [4.78, 5) is 24.7. The van der Waals surface area contributed by atoms with Crippen molar-refractivity contribution in [3.05, 3.63) is 59.2 Å². The Morgan fingerprint density at radius 3 is 2.67 bits per heavy atom. The number of rotatable bonds is 6. The van der Waals surface area contributed by atoms with Crippen molar-refractivity contribution in [3.63, 3.8) is 0 Å². The SMILES string of the molecule is CCOC(=O)CC1CC(C)(C)c2c(NC(=O)c3ccc(C=NN)cc3)cccc2O1. The highest BCUT2D eigenvalue weighted by atomic mass is 16.5. The molecule has 158 valence electrons. The zero-order valence-corrected chi connectivity index (χ0v) is 17.5. The van der Waals surface area contributed by atoms with Gasteiger partial charge in [-0.2, -0.15) is 5.10 Å². The number of carbonyl (C=O) groups is 2. The van der Waals surface area contributed by atoms with Crippen LogP contribution in [0.4, 0.5) is 5.69 Å². The van der Waals surface area contributed by atoms with Crippen molar-refractivity contribution in [1.29, 1.82) is 0 Å². The molecule has 7 heteroatoms. The molecular formula is C23H27N3O4. The molecule has 0 fully saturated rings. The van der Waals surface area contributed by atoms with Crippen LogP contribution in [0.5, 0.6) is 5.75 Å². The maximum atomic E-state index is 12.8. The fourth-order valence-corrected chi connectivity index (χ4v) is 3.84. The van der Waals surface area contributed by atoms with Crippen molar-refractivity contribution in [3.8, 4) is 5.75 Å². The van der Waals surface area contributed by atoms with Crippen LogP contribution in [-0.2, 0) is 14.9 Å². The predicted octanol–water partition coefficient (Wildman–Crippen LogP) is 3.61. The van der Waals surface area contributed by atoms with Crippen LogP contribution < -0.4 is 15.9 Å². The topological polar surface area (TPSA) is 103 Å². The second-order valence-electron chi connectivity index (χ2n) is 7.87. The number of esters is 1. The van der Waals surface area contributed by atoms with Gasteiger partial charge < -0.3 is 20.6 Å². The first kappa shape index (κ1) is 21.4. The van der Waals surface area contributed by atoms with Gasteiger partial charge in [-0.05, 0) is 48.6 Å². The van der Waals surface area contributed by atoms with Crippen LogP contribution in [0.15, 0.2) is 47.6 Å². The van der Waals surface area contributed by atoms with Crippen molar-refractivity contribution in [1.82, 2.24) is 0 Å². The van der Waals surface area contributed by atoms with E-state index in [-0.39, 0.29) is 29.8 Å². The third-order valence-corrected chi connectivity index (χ3v) is 5.08. The van der Waals surface area contributed by atoms with Crippen LogP contribution in [-0.4, -0.2) is 30.8 Å². The van der Waals surface area contributed by atoms with E-state index in [2.05, 4.69) is 24.3 Å². The van der Waals surface area contributed by atoms with E-state index in [0.29, 0.717) is 30.0 Å². The predicted molar refractivity (Wildman–Crippen MR) is 116 cm³/mol. The highest BCUT2D eigenvalue weighted by Gasteiger charge is 2.37. The maximum Gasteiger partial charge on any atom is 0.309 e. The van der Waals surface area contributed by atoms with Gasteiger partial charge in [0.05, 0.1) is 19.2 Å². The molecule has 0 aromatic heterocycles. The first-order valence-corrected chi connectivity index (χ1v) is 9.94. The van der Waals surface area contributed by atoms with Crippen molar-refractivity contribution in [2.75, 3.05) is 11.9 Å². The van der Waals surface area contributed by atoms with Crippen molar-refractivity contribution in [2.24, 2.45) is 10.9 Å². The van der Waals surface area contributed by atoms with E-state index in [1.807, 2.05) is 18.2 Å². The standard InChI is InChI=1S/C23H27N3O4/c1-4-29-20(27)12-17-13-23(2,3)21-18(6-5-7-19(21)30-17)26-22(28)16-10-8-15(9-11-16)14-25-24/h5-11,14,17H,4,12-13,24H2,1-3H3,(H,26,28). The molecule has 1 aliphatic rings. The lowest BCUT2D eigenvalue weighted by molar-refractivity contribution is -0.145. The van der Waals surface area contributed by atoms with E-state index in [1.165, 1.54) is 6.21 Å². The number of carbonyl (C=O) groups excluding carboxylic acids is 2. The molecule has 30 heavy (non-hydrogen) atoms. The number of nitrogens with zero attached hydrogens (tertiary/aromatic N) is 1. The summed E-state index contributed by atoms with van der Waals surface area (Å²) in [5, 5.41) is 6.48. The molecule has 0 spiro atoms. The number of amides is 1. The average molecular weight is 409 g/mol. The summed E-state index contributed by atoms with van der Waals surface area (Å²) in [6.07, 6.45) is 2.08. The van der Waals surface area contributed by atoms with E-state index in [9.17, 15) is 9.59 Å². The molecule has 2 aromatic rings. The third-order valence-electron chi connectivity index (χ3n) is 5.08. The molecule has 0 aliphatic carbocycles. The van der Waals surface area contributed by atoms with E-state index in [1.54, 1.807) is 31.2 Å². The summed E-state index contributed by atoms with van der Waals surface area (Å²) < 4.78 is 11.1. The monoisotopic (exact) mass is 409 g/mol. The fraction of sp³-hybridized carbons (Fsp3) is 0.348. The molecule has 0 saturated heterocycles. The summed E-state index contributed by atoms with van der Waals surface area (Å²) in [6.45, 7) is 6.31. The van der Waals surface area contributed by atoms with Gasteiger partial charge in [0.2, 0.25) is 0 Å². The number of nitrogens with one attached hydrogen (secondary N) is 1. The number of hydrogen-bond acceptors (Lipinski definition) is 6. The molecule has 0 bridgehead atoms. The van der Waals surface area contributed by atoms with Crippen LogP contribution in [0, 0.1) is 0 Å². The molecule has 3 rings (SSSR count). The van der Waals surface area contributed by atoms with Crippen LogP contribution in [0.25, 0.3) is 0 Å². The lowest BCUT2D eigenvalue weighted by Crippen LogP contribution is -2.36. The van der Waals surface area contributed by atoms with Gasteiger partial charge in [-0.25, -0.2) is 0 Å². The minimum atomic E-state index is -0.296. The van der Waals surface area contributed by atoms with Crippen molar-refractivity contribution in [2.45, 2.75) is 45.1 Å².